The number of thiophene rings is 1. The van der Waals surface area contributed by atoms with Gasteiger partial charge in [-0.3, -0.25) is 4.79 Å². The Balaban J connectivity index is 1.82. The first-order chi connectivity index (χ1) is 10.4. The zero-order valence-corrected chi connectivity index (χ0v) is 12.3. The maximum absolute atomic E-state index is 12.7. The molecule has 22 heavy (non-hydrogen) atoms. The van der Waals surface area contributed by atoms with Crippen LogP contribution >= 0.6 is 11.3 Å². The minimum Gasteiger partial charge on any atom is -0.322 e. The van der Waals surface area contributed by atoms with Gasteiger partial charge < -0.3 is 10.6 Å². The number of carbonyl (C=O) groups excluding carboxylic acids is 1. The number of hydrogen-bond donors (Lipinski definition) is 2. The van der Waals surface area contributed by atoms with Crippen LogP contribution in [0.1, 0.15) is 26.4 Å². The second kappa shape index (κ2) is 5.73. The van der Waals surface area contributed by atoms with Gasteiger partial charge in [-0.15, -0.1) is 11.3 Å². The molecule has 0 aliphatic carbocycles. The third-order valence-electron chi connectivity index (χ3n) is 3.51. The summed E-state index contributed by atoms with van der Waals surface area (Å²) in [7, 11) is 0. The van der Waals surface area contributed by atoms with Gasteiger partial charge in [0.1, 0.15) is 0 Å². The average molecular weight is 326 g/mol. The fourth-order valence-corrected chi connectivity index (χ4v) is 3.47. The van der Waals surface area contributed by atoms with Crippen molar-refractivity contribution in [1.82, 2.24) is 5.32 Å². The molecule has 0 bridgehead atoms. The lowest BCUT2D eigenvalue weighted by molar-refractivity contribution is -0.137. The van der Waals surface area contributed by atoms with Gasteiger partial charge in [0, 0.05) is 22.5 Å². The van der Waals surface area contributed by atoms with E-state index in [1.54, 1.807) is 5.38 Å². The molecule has 0 atom stereocenters. The van der Waals surface area contributed by atoms with Crippen molar-refractivity contribution in [2.45, 2.75) is 19.1 Å². The lowest BCUT2D eigenvalue weighted by atomic mass is 10.0. The van der Waals surface area contributed by atoms with Crippen LogP contribution in [0.2, 0.25) is 0 Å². The van der Waals surface area contributed by atoms with E-state index >= 15 is 0 Å². The van der Waals surface area contributed by atoms with Crippen molar-refractivity contribution in [3.63, 3.8) is 0 Å². The Morgan fingerprint density at radius 1 is 1.32 bits per heavy atom. The zero-order chi connectivity index (χ0) is 15.7. The number of anilines is 1. The summed E-state index contributed by atoms with van der Waals surface area (Å²) in [5.74, 6) is -0.362. The number of alkyl halides is 3. The second-order valence-corrected chi connectivity index (χ2v) is 5.97. The number of amides is 1. The molecule has 0 spiro atoms. The summed E-state index contributed by atoms with van der Waals surface area (Å²) < 4.78 is 38.1. The van der Waals surface area contributed by atoms with Gasteiger partial charge in [-0.1, -0.05) is 6.07 Å². The number of benzene rings is 1. The summed E-state index contributed by atoms with van der Waals surface area (Å²) in [4.78, 5) is 13.4. The summed E-state index contributed by atoms with van der Waals surface area (Å²) in [5, 5.41) is 7.54. The van der Waals surface area contributed by atoms with Crippen molar-refractivity contribution in [3.8, 4) is 0 Å². The molecular weight excluding hydrogens is 313 g/mol. The molecule has 0 saturated carbocycles. The predicted molar refractivity (Wildman–Crippen MR) is 79.1 cm³/mol. The SMILES string of the molecule is O=C(Nc1cccc(C(F)(F)F)c1)c1csc2c1CCNC2. The van der Waals surface area contributed by atoms with E-state index in [1.807, 2.05) is 0 Å². The summed E-state index contributed by atoms with van der Waals surface area (Å²) in [6.45, 7) is 1.53. The van der Waals surface area contributed by atoms with Crippen LogP contribution in [-0.4, -0.2) is 12.5 Å². The van der Waals surface area contributed by atoms with Crippen molar-refractivity contribution in [2.75, 3.05) is 11.9 Å². The van der Waals surface area contributed by atoms with E-state index in [1.165, 1.54) is 23.5 Å². The highest BCUT2D eigenvalue weighted by molar-refractivity contribution is 7.10. The molecule has 0 saturated heterocycles. The van der Waals surface area contributed by atoms with Gasteiger partial charge in [-0.05, 0) is 36.7 Å². The van der Waals surface area contributed by atoms with Crippen LogP contribution in [0.4, 0.5) is 18.9 Å². The molecule has 1 amide bonds. The Bertz CT molecular complexity index is 709. The minimum absolute atomic E-state index is 0.147. The largest absolute Gasteiger partial charge is 0.416 e. The van der Waals surface area contributed by atoms with E-state index in [9.17, 15) is 18.0 Å². The Hall–Kier alpha value is -1.86. The normalized spacial score (nSPS) is 14.5. The molecule has 2 N–H and O–H groups in total. The van der Waals surface area contributed by atoms with Gasteiger partial charge in [0.05, 0.1) is 11.1 Å². The first-order valence-electron chi connectivity index (χ1n) is 6.74. The molecule has 0 radical (unpaired) electrons. The van der Waals surface area contributed by atoms with E-state index in [0.717, 1.165) is 42.1 Å². The fraction of sp³-hybridized carbons (Fsp3) is 0.267. The lowest BCUT2D eigenvalue weighted by Gasteiger charge is -2.14. The number of nitrogens with one attached hydrogen (secondary N) is 2. The van der Waals surface area contributed by atoms with Crippen LogP contribution in [0.25, 0.3) is 0 Å². The molecule has 2 aromatic rings. The van der Waals surface area contributed by atoms with Crippen molar-refractivity contribution in [2.24, 2.45) is 0 Å². The molecule has 1 aliphatic rings. The molecule has 116 valence electrons. The van der Waals surface area contributed by atoms with Crippen LogP contribution in [0, 0.1) is 0 Å². The minimum atomic E-state index is -4.42. The predicted octanol–water partition coefficient (Wildman–Crippen LogP) is 3.66. The molecule has 1 aromatic carbocycles. The lowest BCUT2D eigenvalue weighted by Crippen LogP contribution is -2.24. The Morgan fingerprint density at radius 2 is 2.14 bits per heavy atom. The van der Waals surface area contributed by atoms with Gasteiger partial charge >= 0.3 is 6.18 Å². The number of rotatable bonds is 2. The van der Waals surface area contributed by atoms with E-state index < -0.39 is 11.7 Å². The quantitative estimate of drug-likeness (QED) is 0.884. The van der Waals surface area contributed by atoms with Crippen LogP contribution in [-0.2, 0) is 19.1 Å². The highest BCUT2D eigenvalue weighted by atomic mass is 32.1. The van der Waals surface area contributed by atoms with Gasteiger partial charge in [0.15, 0.2) is 0 Å². The van der Waals surface area contributed by atoms with Crippen LogP contribution in [0.3, 0.4) is 0 Å². The number of hydrogen-bond acceptors (Lipinski definition) is 3. The van der Waals surface area contributed by atoms with Crippen LogP contribution in [0.15, 0.2) is 29.6 Å². The maximum atomic E-state index is 12.7. The first-order valence-corrected chi connectivity index (χ1v) is 7.61. The molecule has 1 aromatic heterocycles. The summed E-state index contributed by atoms with van der Waals surface area (Å²) >= 11 is 1.49. The van der Waals surface area contributed by atoms with Crippen molar-refractivity contribution in [3.05, 3.63) is 51.2 Å². The molecule has 3 nitrogen and oxygen atoms in total. The van der Waals surface area contributed by atoms with Crippen LogP contribution < -0.4 is 10.6 Å². The summed E-state index contributed by atoms with van der Waals surface area (Å²) in [6, 6.07) is 4.66. The average Bonchev–Trinajstić information content (AvgIpc) is 2.90. The van der Waals surface area contributed by atoms with Gasteiger partial charge in [-0.2, -0.15) is 13.2 Å². The van der Waals surface area contributed by atoms with Gasteiger partial charge in [-0.25, -0.2) is 0 Å². The number of fused-ring (bicyclic) bond motifs is 1. The highest BCUT2D eigenvalue weighted by Gasteiger charge is 2.30. The van der Waals surface area contributed by atoms with E-state index in [0.29, 0.717) is 5.56 Å². The van der Waals surface area contributed by atoms with E-state index in [-0.39, 0.29) is 11.6 Å². The molecule has 1 aliphatic heterocycles. The van der Waals surface area contributed by atoms with Gasteiger partial charge in [0.2, 0.25) is 0 Å². The smallest absolute Gasteiger partial charge is 0.322 e. The topological polar surface area (TPSA) is 41.1 Å². The Kier molecular flexibility index (Phi) is 3.92. The molecule has 0 fully saturated rings. The highest BCUT2D eigenvalue weighted by Crippen LogP contribution is 2.31. The van der Waals surface area contributed by atoms with E-state index in [4.69, 9.17) is 0 Å². The standard InChI is InChI=1S/C15H13F3N2OS/c16-15(17,18)9-2-1-3-10(6-9)20-14(21)12-8-22-13-7-19-5-4-11(12)13/h1-3,6,8,19H,4-5,7H2,(H,20,21). The molecule has 3 rings (SSSR count). The Labute approximate surface area is 129 Å². The van der Waals surface area contributed by atoms with Gasteiger partial charge in [0.25, 0.3) is 5.91 Å². The molecule has 7 heteroatoms. The molecule has 0 unspecified atom stereocenters. The number of halogens is 3. The molecule has 2 heterocycles. The number of carbonyl (C=O) groups is 1. The maximum Gasteiger partial charge on any atom is 0.416 e. The molecular formula is C15H13F3N2OS. The third kappa shape index (κ3) is 3.00. The summed E-state index contributed by atoms with van der Waals surface area (Å²) in [6.07, 6.45) is -3.67. The van der Waals surface area contributed by atoms with Crippen LogP contribution in [0.5, 0.6) is 0 Å². The van der Waals surface area contributed by atoms with Crippen molar-refractivity contribution in [1.29, 1.82) is 0 Å². The second-order valence-electron chi connectivity index (χ2n) is 5.01. The van der Waals surface area contributed by atoms with E-state index in [2.05, 4.69) is 10.6 Å². The monoisotopic (exact) mass is 326 g/mol. The van der Waals surface area contributed by atoms with Crippen molar-refractivity contribution < 1.29 is 18.0 Å². The zero-order valence-electron chi connectivity index (χ0n) is 11.5. The first kappa shape index (κ1) is 15.1. The third-order valence-corrected chi connectivity index (χ3v) is 4.54. The Morgan fingerprint density at radius 3 is 2.91 bits per heavy atom. The van der Waals surface area contributed by atoms with Crippen molar-refractivity contribution >= 4 is 22.9 Å². The summed E-state index contributed by atoms with van der Waals surface area (Å²) in [5.41, 5.74) is 0.919. The fourth-order valence-electron chi connectivity index (χ4n) is 2.42.